The molecule has 0 aliphatic carbocycles. The van der Waals surface area contributed by atoms with Crippen molar-refractivity contribution in [2.75, 3.05) is 5.75 Å². The van der Waals surface area contributed by atoms with Crippen molar-refractivity contribution < 1.29 is 23.1 Å². The highest BCUT2D eigenvalue weighted by Gasteiger charge is 2.21. The van der Waals surface area contributed by atoms with E-state index in [1.165, 1.54) is 12.1 Å². The highest BCUT2D eigenvalue weighted by atomic mass is 32.2. The van der Waals surface area contributed by atoms with Crippen molar-refractivity contribution in [3.8, 4) is 0 Å². The van der Waals surface area contributed by atoms with E-state index in [0.29, 0.717) is 11.1 Å². The summed E-state index contributed by atoms with van der Waals surface area (Å²) in [5.41, 5.74) is 1.81. The first kappa shape index (κ1) is 20.6. The normalized spacial score (nSPS) is 12.3. The maximum Gasteiger partial charge on any atom is 0.326 e. The van der Waals surface area contributed by atoms with Gasteiger partial charge in [-0.15, -0.1) is 0 Å². The molecule has 2 aromatic rings. The number of sulfonamides is 1. The van der Waals surface area contributed by atoms with Crippen LogP contribution in [0, 0.1) is 0 Å². The van der Waals surface area contributed by atoms with E-state index in [-0.39, 0.29) is 18.7 Å². The van der Waals surface area contributed by atoms with Gasteiger partial charge in [0.1, 0.15) is 6.04 Å². The predicted molar refractivity (Wildman–Crippen MR) is 102 cm³/mol. The fourth-order valence-corrected chi connectivity index (χ4v) is 2.95. The van der Waals surface area contributed by atoms with Crippen LogP contribution in [0.3, 0.4) is 0 Å². The molecule has 1 amide bonds. The maximum absolute atomic E-state index is 12.3. The van der Waals surface area contributed by atoms with Gasteiger partial charge in [0.25, 0.3) is 5.91 Å². The molecule has 7 nitrogen and oxygen atoms in total. The van der Waals surface area contributed by atoms with Crippen LogP contribution in [0.5, 0.6) is 0 Å². The standard InChI is InChI=1S/C19H22N2O5S/c1-2-27(25,26)20-13-15-8-10-16(11-9-15)18(22)21-17(19(23)24)12-14-6-4-3-5-7-14/h3-11,17,20H,2,12-13H2,1H3,(H,21,22)(H,23,24). The molecule has 0 fully saturated rings. The second-order valence-electron chi connectivity index (χ2n) is 5.98. The second kappa shape index (κ2) is 9.29. The van der Waals surface area contributed by atoms with Crippen molar-refractivity contribution in [3.63, 3.8) is 0 Å². The fraction of sp³-hybridized carbons (Fsp3) is 0.263. The van der Waals surface area contributed by atoms with Crippen molar-refractivity contribution in [1.29, 1.82) is 0 Å². The maximum atomic E-state index is 12.3. The Kier molecular flexibility index (Phi) is 7.09. The number of carboxylic acid groups (broad SMARTS) is 1. The molecule has 0 radical (unpaired) electrons. The van der Waals surface area contributed by atoms with Gasteiger partial charge in [0, 0.05) is 18.5 Å². The third-order valence-corrected chi connectivity index (χ3v) is 5.32. The first-order valence-corrected chi connectivity index (χ1v) is 10.1. The van der Waals surface area contributed by atoms with E-state index in [0.717, 1.165) is 5.56 Å². The van der Waals surface area contributed by atoms with E-state index in [1.54, 1.807) is 31.2 Å². The Hall–Kier alpha value is -2.71. The lowest BCUT2D eigenvalue weighted by atomic mass is 10.1. The molecule has 3 N–H and O–H groups in total. The number of carbonyl (C=O) groups excluding carboxylic acids is 1. The molecule has 144 valence electrons. The summed E-state index contributed by atoms with van der Waals surface area (Å²) in [6, 6.07) is 14.3. The molecule has 0 saturated heterocycles. The van der Waals surface area contributed by atoms with Crippen molar-refractivity contribution in [2.45, 2.75) is 25.9 Å². The number of carbonyl (C=O) groups is 2. The minimum absolute atomic E-state index is 0.00845. The Morgan fingerprint density at radius 3 is 2.19 bits per heavy atom. The lowest BCUT2D eigenvalue weighted by Gasteiger charge is -2.15. The van der Waals surface area contributed by atoms with Crippen LogP contribution in [0.4, 0.5) is 0 Å². The summed E-state index contributed by atoms with van der Waals surface area (Å²) in [5, 5.41) is 11.9. The summed E-state index contributed by atoms with van der Waals surface area (Å²) in [4.78, 5) is 23.8. The molecule has 2 rings (SSSR count). The van der Waals surface area contributed by atoms with Crippen LogP contribution < -0.4 is 10.0 Å². The molecule has 0 saturated carbocycles. The van der Waals surface area contributed by atoms with Gasteiger partial charge < -0.3 is 10.4 Å². The number of amides is 1. The van der Waals surface area contributed by atoms with Crippen LogP contribution in [-0.2, 0) is 27.8 Å². The number of rotatable bonds is 9. The summed E-state index contributed by atoms with van der Waals surface area (Å²) >= 11 is 0. The number of aliphatic carboxylic acids is 1. The van der Waals surface area contributed by atoms with Crippen molar-refractivity contribution in [2.24, 2.45) is 0 Å². The van der Waals surface area contributed by atoms with Gasteiger partial charge in [-0.25, -0.2) is 17.9 Å². The van der Waals surface area contributed by atoms with E-state index in [9.17, 15) is 23.1 Å². The van der Waals surface area contributed by atoms with Gasteiger partial charge in [0.05, 0.1) is 5.75 Å². The molecule has 1 unspecified atom stereocenters. The van der Waals surface area contributed by atoms with Crippen LogP contribution in [0.1, 0.15) is 28.4 Å². The van der Waals surface area contributed by atoms with Gasteiger partial charge in [-0.3, -0.25) is 4.79 Å². The van der Waals surface area contributed by atoms with Gasteiger partial charge in [-0.05, 0) is 30.2 Å². The van der Waals surface area contributed by atoms with Crippen LogP contribution in [0.15, 0.2) is 54.6 Å². The smallest absolute Gasteiger partial charge is 0.326 e. The van der Waals surface area contributed by atoms with E-state index in [2.05, 4.69) is 10.0 Å². The minimum atomic E-state index is -3.29. The molecule has 0 bridgehead atoms. The molecular formula is C19H22N2O5S. The van der Waals surface area contributed by atoms with Crippen molar-refractivity contribution >= 4 is 21.9 Å². The Morgan fingerprint density at radius 2 is 1.63 bits per heavy atom. The summed E-state index contributed by atoms with van der Waals surface area (Å²) in [6.45, 7) is 1.67. The monoisotopic (exact) mass is 390 g/mol. The highest BCUT2D eigenvalue weighted by molar-refractivity contribution is 7.89. The molecule has 0 aliphatic rings. The van der Waals surface area contributed by atoms with Crippen LogP contribution in [0.25, 0.3) is 0 Å². The average Bonchev–Trinajstić information content (AvgIpc) is 2.67. The first-order chi connectivity index (χ1) is 12.8. The first-order valence-electron chi connectivity index (χ1n) is 8.44. The van der Waals surface area contributed by atoms with Gasteiger partial charge in [-0.2, -0.15) is 0 Å². The Balaban J connectivity index is 2.00. The number of carboxylic acids is 1. The highest BCUT2D eigenvalue weighted by Crippen LogP contribution is 2.08. The van der Waals surface area contributed by atoms with Crippen LogP contribution >= 0.6 is 0 Å². The molecule has 1 atom stereocenters. The van der Waals surface area contributed by atoms with Crippen LogP contribution in [0.2, 0.25) is 0 Å². The molecule has 27 heavy (non-hydrogen) atoms. The number of hydrogen-bond donors (Lipinski definition) is 3. The minimum Gasteiger partial charge on any atom is -0.480 e. The Morgan fingerprint density at radius 1 is 1.00 bits per heavy atom. The topological polar surface area (TPSA) is 113 Å². The largest absolute Gasteiger partial charge is 0.480 e. The van der Waals surface area contributed by atoms with Crippen LogP contribution in [-0.4, -0.2) is 37.2 Å². The van der Waals surface area contributed by atoms with Gasteiger partial charge in [0.15, 0.2) is 0 Å². The quantitative estimate of drug-likeness (QED) is 0.601. The zero-order chi connectivity index (χ0) is 19.9. The third kappa shape index (κ3) is 6.50. The molecule has 0 aliphatic heterocycles. The van der Waals surface area contributed by atoms with E-state index < -0.39 is 27.9 Å². The predicted octanol–water partition coefficient (Wildman–Crippen LogP) is 1.55. The summed E-state index contributed by atoms with van der Waals surface area (Å²) in [5.74, 6) is -1.62. The lowest BCUT2D eigenvalue weighted by Crippen LogP contribution is -2.42. The average molecular weight is 390 g/mol. The number of nitrogens with one attached hydrogen (secondary N) is 2. The Bertz CT molecular complexity index is 880. The molecule has 2 aromatic carbocycles. The summed E-state index contributed by atoms with van der Waals surface area (Å²) in [6.07, 6.45) is 0.179. The fourth-order valence-electron chi connectivity index (χ4n) is 2.36. The van der Waals surface area contributed by atoms with Gasteiger partial charge >= 0.3 is 5.97 Å². The third-order valence-electron chi connectivity index (χ3n) is 3.98. The molecule has 0 heterocycles. The molecule has 8 heteroatoms. The van der Waals surface area contributed by atoms with E-state index in [1.807, 2.05) is 18.2 Å². The molecule has 0 aromatic heterocycles. The van der Waals surface area contributed by atoms with Gasteiger partial charge in [-0.1, -0.05) is 42.5 Å². The zero-order valence-corrected chi connectivity index (χ0v) is 15.7. The summed E-state index contributed by atoms with van der Waals surface area (Å²) < 4.78 is 25.3. The molecule has 0 spiro atoms. The number of hydrogen-bond acceptors (Lipinski definition) is 4. The SMILES string of the molecule is CCS(=O)(=O)NCc1ccc(C(=O)NC(Cc2ccccc2)C(=O)O)cc1. The second-order valence-corrected chi connectivity index (χ2v) is 8.07. The molecular weight excluding hydrogens is 368 g/mol. The lowest BCUT2D eigenvalue weighted by molar-refractivity contribution is -0.139. The summed E-state index contributed by atoms with van der Waals surface area (Å²) in [7, 11) is -3.29. The number of benzene rings is 2. The zero-order valence-electron chi connectivity index (χ0n) is 14.9. The van der Waals surface area contributed by atoms with Gasteiger partial charge in [0.2, 0.25) is 10.0 Å². The van der Waals surface area contributed by atoms with Crippen molar-refractivity contribution in [3.05, 3.63) is 71.3 Å². The van der Waals surface area contributed by atoms with E-state index >= 15 is 0 Å². The Labute approximate surface area is 158 Å². The van der Waals surface area contributed by atoms with Crippen molar-refractivity contribution in [1.82, 2.24) is 10.0 Å². The van der Waals surface area contributed by atoms with E-state index in [4.69, 9.17) is 0 Å².